The number of carboxylic acids is 1. The molecule has 1 aliphatic rings. The van der Waals surface area contributed by atoms with Crippen LogP contribution >= 0.6 is 11.6 Å². The molecular weight excluding hydrogens is 350 g/mol. The maximum absolute atomic E-state index is 11.5. The van der Waals surface area contributed by atoms with Crippen molar-refractivity contribution in [2.75, 3.05) is 6.54 Å². The normalized spacial score (nSPS) is 20.2. The molecule has 140 valence electrons. The van der Waals surface area contributed by atoms with Crippen LogP contribution in [0.3, 0.4) is 0 Å². The zero-order chi connectivity index (χ0) is 18.5. The number of hydrogen-bond acceptors (Lipinski definition) is 3. The fraction of sp³-hybridized carbons (Fsp3) is 0.476. The van der Waals surface area contributed by atoms with Crippen molar-refractivity contribution in [1.82, 2.24) is 5.32 Å². The second-order valence-electron chi connectivity index (χ2n) is 7.19. The Kier molecular flexibility index (Phi) is 6.38. The van der Waals surface area contributed by atoms with Crippen LogP contribution < -0.4 is 5.32 Å². The Balaban J connectivity index is 1.62. The minimum Gasteiger partial charge on any atom is -0.478 e. The Morgan fingerprint density at radius 1 is 1.19 bits per heavy atom. The Morgan fingerprint density at radius 2 is 1.85 bits per heavy atom. The molecule has 1 aromatic carbocycles. The molecule has 2 N–H and O–H groups in total. The van der Waals surface area contributed by atoms with Gasteiger partial charge in [0.2, 0.25) is 0 Å². The average Bonchev–Trinajstić information content (AvgIpc) is 3.07. The van der Waals surface area contributed by atoms with Gasteiger partial charge in [-0.3, -0.25) is 0 Å². The number of furan rings is 1. The Morgan fingerprint density at radius 3 is 2.46 bits per heavy atom. The average molecular weight is 376 g/mol. The number of benzene rings is 1. The largest absolute Gasteiger partial charge is 0.478 e. The summed E-state index contributed by atoms with van der Waals surface area (Å²) in [7, 11) is 0. The highest BCUT2D eigenvalue weighted by Gasteiger charge is 2.21. The highest BCUT2D eigenvalue weighted by atomic mass is 35.5. The molecule has 0 aliphatic heterocycles. The minimum atomic E-state index is -0.964. The number of aromatic carboxylic acids is 1. The van der Waals surface area contributed by atoms with E-state index in [4.69, 9.17) is 16.0 Å². The van der Waals surface area contributed by atoms with Crippen LogP contribution in [-0.2, 0) is 6.54 Å². The molecule has 4 nitrogen and oxygen atoms in total. The van der Waals surface area contributed by atoms with Crippen molar-refractivity contribution in [2.24, 2.45) is 11.8 Å². The van der Waals surface area contributed by atoms with Gasteiger partial charge in [-0.15, -0.1) is 0 Å². The van der Waals surface area contributed by atoms with Gasteiger partial charge in [-0.2, -0.15) is 0 Å². The quantitative estimate of drug-likeness (QED) is 0.660. The SMILES string of the molecule is CCC1CCC(CNCc2oc(-c3ccc(Cl)cc3)cc2C(=O)O)CC1. The first-order valence-corrected chi connectivity index (χ1v) is 9.77. The molecule has 0 saturated heterocycles. The van der Waals surface area contributed by atoms with Crippen LogP contribution in [-0.4, -0.2) is 17.6 Å². The van der Waals surface area contributed by atoms with Crippen molar-refractivity contribution >= 4 is 17.6 Å². The van der Waals surface area contributed by atoms with Gasteiger partial charge in [0, 0.05) is 10.6 Å². The van der Waals surface area contributed by atoms with Crippen molar-refractivity contribution in [2.45, 2.75) is 45.6 Å². The third kappa shape index (κ3) is 4.68. The number of halogens is 1. The van der Waals surface area contributed by atoms with Crippen LogP contribution in [0.2, 0.25) is 5.02 Å². The predicted octanol–water partition coefficient (Wildman–Crippen LogP) is 5.60. The van der Waals surface area contributed by atoms with Crippen molar-refractivity contribution in [1.29, 1.82) is 0 Å². The second kappa shape index (κ2) is 8.74. The Hall–Kier alpha value is -1.78. The van der Waals surface area contributed by atoms with E-state index in [9.17, 15) is 9.90 Å². The van der Waals surface area contributed by atoms with E-state index in [0.717, 1.165) is 18.0 Å². The molecule has 0 spiro atoms. The van der Waals surface area contributed by atoms with Crippen molar-refractivity contribution in [3.8, 4) is 11.3 Å². The molecule has 0 atom stereocenters. The number of hydrogen-bond donors (Lipinski definition) is 2. The smallest absolute Gasteiger partial charge is 0.339 e. The fourth-order valence-electron chi connectivity index (χ4n) is 3.73. The van der Waals surface area contributed by atoms with Gasteiger partial charge in [0.1, 0.15) is 17.1 Å². The van der Waals surface area contributed by atoms with Crippen molar-refractivity contribution < 1.29 is 14.3 Å². The maximum Gasteiger partial charge on any atom is 0.339 e. The van der Waals surface area contributed by atoms with Crippen molar-refractivity contribution in [3.05, 3.63) is 46.7 Å². The number of carboxylic acid groups (broad SMARTS) is 1. The van der Waals surface area contributed by atoms with Gasteiger partial charge in [0.05, 0.1) is 6.54 Å². The van der Waals surface area contributed by atoms with Gasteiger partial charge in [0.25, 0.3) is 0 Å². The van der Waals surface area contributed by atoms with Crippen molar-refractivity contribution in [3.63, 3.8) is 0 Å². The molecule has 1 aromatic heterocycles. The molecule has 2 aromatic rings. The summed E-state index contributed by atoms with van der Waals surface area (Å²) >= 11 is 5.91. The van der Waals surface area contributed by atoms with Gasteiger partial charge in [-0.1, -0.05) is 37.8 Å². The van der Waals surface area contributed by atoms with Gasteiger partial charge < -0.3 is 14.8 Å². The first-order valence-electron chi connectivity index (χ1n) is 9.39. The molecule has 1 fully saturated rings. The molecule has 26 heavy (non-hydrogen) atoms. The van der Waals surface area contributed by atoms with Gasteiger partial charge in [-0.25, -0.2) is 4.79 Å². The van der Waals surface area contributed by atoms with E-state index >= 15 is 0 Å². The summed E-state index contributed by atoms with van der Waals surface area (Å²) in [5, 5.41) is 13.5. The topological polar surface area (TPSA) is 62.5 Å². The first kappa shape index (κ1) is 19.0. The van der Waals surface area contributed by atoms with Crippen LogP contribution in [0.1, 0.15) is 55.1 Å². The summed E-state index contributed by atoms with van der Waals surface area (Å²) in [5.74, 6) is 1.63. The summed E-state index contributed by atoms with van der Waals surface area (Å²) in [5.41, 5.74) is 1.04. The van der Waals surface area contributed by atoms with Gasteiger partial charge in [-0.05, 0) is 61.6 Å². The molecular formula is C21H26ClNO3. The zero-order valence-electron chi connectivity index (χ0n) is 15.1. The zero-order valence-corrected chi connectivity index (χ0v) is 15.9. The van der Waals surface area contributed by atoms with Crippen LogP contribution in [0.5, 0.6) is 0 Å². The number of nitrogens with one attached hydrogen (secondary N) is 1. The van der Waals surface area contributed by atoms with Crippen LogP contribution in [0.25, 0.3) is 11.3 Å². The lowest BCUT2D eigenvalue weighted by molar-refractivity contribution is 0.0694. The van der Waals surface area contributed by atoms with Gasteiger partial charge >= 0.3 is 5.97 Å². The Bertz CT molecular complexity index is 730. The van der Waals surface area contributed by atoms with E-state index in [2.05, 4.69) is 12.2 Å². The van der Waals surface area contributed by atoms with Crippen LogP contribution in [0, 0.1) is 11.8 Å². The standard InChI is InChI=1S/C21H26ClNO3/c1-2-14-3-5-15(6-4-14)12-23-13-20-18(21(24)25)11-19(26-20)16-7-9-17(22)10-8-16/h7-11,14-15,23H,2-6,12-13H2,1H3,(H,24,25). The Labute approximate surface area is 159 Å². The molecule has 0 radical (unpaired) electrons. The first-order chi connectivity index (χ1) is 12.6. The van der Waals surface area contributed by atoms with E-state index in [1.807, 2.05) is 12.1 Å². The summed E-state index contributed by atoms with van der Waals surface area (Å²) in [6, 6.07) is 8.79. The molecule has 0 amide bonds. The monoisotopic (exact) mass is 375 g/mol. The van der Waals surface area contributed by atoms with Crippen LogP contribution in [0.4, 0.5) is 0 Å². The maximum atomic E-state index is 11.5. The molecule has 5 heteroatoms. The number of carbonyl (C=O) groups is 1. The van der Waals surface area contributed by atoms with E-state index in [1.165, 1.54) is 32.1 Å². The summed E-state index contributed by atoms with van der Waals surface area (Å²) in [6.45, 7) is 3.61. The minimum absolute atomic E-state index is 0.220. The van der Waals surface area contributed by atoms with Gasteiger partial charge in [0.15, 0.2) is 0 Å². The van der Waals surface area contributed by atoms with Crippen LogP contribution in [0.15, 0.2) is 34.7 Å². The van der Waals surface area contributed by atoms with E-state index in [-0.39, 0.29) is 5.56 Å². The van der Waals surface area contributed by atoms with E-state index in [1.54, 1.807) is 18.2 Å². The second-order valence-corrected chi connectivity index (χ2v) is 7.62. The molecule has 1 saturated carbocycles. The molecule has 1 heterocycles. The third-order valence-corrected chi connectivity index (χ3v) is 5.68. The molecule has 1 aliphatic carbocycles. The third-order valence-electron chi connectivity index (χ3n) is 5.43. The fourth-order valence-corrected chi connectivity index (χ4v) is 3.86. The molecule has 3 rings (SSSR count). The van der Waals surface area contributed by atoms with E-state index < -0.39 is 5.97 Å². The highest BCUT2D eigenvalue weighted by molar-refractivity contribution is 6.30. The lowest BCUT2D eigenvalue weighted by Crippen LogP contribution is -2.26. The lowest BCUT2D eigenvalue weighted by Gasteiger charge is -2.27. The highest BCUT2D eigenvalue weighted by Crippen LogP contribution is 2.30. The predicted molar refractivity (Wildman–Crippen MR) is 104 cm³/mol. The molecule has 0 unspecified atom stereocenters. The number of rotatable bonds is 7. The summed E-state index contributed by atoms with van der Waals surface area (Å²) in [6.07, 6.45) is 6.41. The summed E-state index contributed by atoms with van der Waals surface area (Å²) in [4.78, 5) is 11.5. The lowest BCUT2D eigenvalue weighted by atomic mass is 9.81. The van der Waals surface area contributed by atoms with E-state index in [0.29, 0.717) is 29.0 Å². The molecule has 0 bridgehead atoms. The summed E-state index contributed by atoms with van der Waals surface area (Å²) < 4.78 is 5.84.